The second-order valence-corrected chi connectivity index (χ2v) is 9.12. The minimum Gasteiger partial charge on any atom is -0.480 e. The van der Waals surface area contributed by atoms with Gasteiger partial charge >= 0.3 is 11.7 Å². The number of nitrogens with zero attached hydrogens (tertiary/aromatic N) is 4. The third kappa shape index (κ3) is 3.85. The average Bonchev–Trinajstić information content (AvgIpc) is 3.35. The van der Waals surface area contributed by atoms with Crippen LogP contribution in [0, 0.1) is 0 Å². The van der Waals surface area contributed by atoms with Crippen molar-refractivity contribution in [3.63, 3.8) is 0 Å². The maximum atomic E-state index is 14.0. The molecular weight excluding hydrogens is 470 g/mol. The second-order valence-electron chi connectivity index (χ2n) is 9.12. The molecule has 0 bridgehead atoms. The molecule has 4 aromatic rings. The first-order valence-corrected chi connectivity index (χ1v) is 12.1. The molecule has 1 fully saturated rings. The lowest BCUT2D eigenvalue weighted by Crippen LogP contribution is -2.39. The van der Waals surface area contributed by atoms with Gasteiger partial charge in [-0.1, -0.05) is 60.7 Å². The Bertz CT molecular complexity index is 1620. The van der Waals surface area contributed by atoms with Crippen molar-refractivity contribution in [1.82, 2.24) is 19.5 Å². The topological polar surface area (TPSA) is 121 Å². The number of fused-ring (bicyclic) bond motifs is 2. The summed E-state index contributed by atoms with van der Waals surface area (Å²) < 4.78 is 0.996. The summed E-state index contributed by atoms with van der Waals surface area (Å²) in [5.41, 5.74) is 3.13. The van der Waals surface area contributed by atoms with Crippen LogP contribution in [-0.4, -0.2) is 43.2 Å². The molecule has 1 aliphatic carbocycles. The SMILES string of the molecule is O=C(O)[C@@H]1CCCN1c1nccc(-n2c(=O)[nH]cc(C3c4ccccc4C=Cc4ccccc43)c2=O)n1. The van der Waals surface area contributed by atoms with Gasteiger partial charge < -0.3 is 15.0 Å². The molecule has 0 radical (unpaired) electrons. The lowest BCUT2D eigenvalue weighted by molar-refractivity contribution is -0.138. The fourth-order valence-electron chi connectivity index (χ4n) is 5.30. The molecule has 6 rings (SSSR count). The lowest BCUT2D eigenvalue weighted by Gasteiger charge is -2.22. The van der Waals surface area contributed by atoms with Gasteiger partial charge in [0.2, 0.25) is 5.95 Å². The van der Waals surface area contributed by atoms with Gasteiger partial charge in [0.15, 0.2) is 0 Å². The predicted octanol–water partition coefficient (Wildman–Crippen LogP) is 3.03. The number of benzene rings is 2. The number of nitrogens with one attached hydrogen (secondary N) is 1. The Morgan fingerprint density at radius 3 is 2.30 bits per heavy atom. The van der Waals surface area contributed by atoms with E-state index >= 15 is 0 Å². The number of carboxylic acid groups (broad SMARTS) is 1. The van der Waals surface area contributed by atoms with Gasteiger partial charge in [0.05, 0.1) is 0 Å². The largest absolute Gasteiger partial charge is 0.480 e. The number of aromatic nitrogens is 4. The second kappa shape index (κ2) is 9.02. The monoisotopic (exact) mass is 493 g/mol. The summed E-state index contributed by atoms with van der Waals surface area (Å²) in [6, 6.07) is 16.5. The fourth-order valence-corrected chi connectivity index (χ4v) is 5.30. The van der Waals surface area contributed by atoms with Crippen LogP contribution in [0.3, 0.4) is 0 Å². The predicted molar refractivity (Wildman–Crippen MR) is 139 cm³/mol. The zero-order valence-electron chi connectivity index (χ0n) is 19.7. The van der Waals surface area contributed by atoms with Gasteiger partial charge in [0.1, 0.15) is 11.9 Å². The average molecular weight is 494 g/mol. The van der Waals surface area contributed by atoms with Crippen LogP contribution < -0.4 is 16.1 Å². The van der Waals surface area contributed by atoms with E-state index in [2.05, 4.69) is 15.0 Å². The molecule has 9 heteroatoms. The molecule has 2 N–H and O–H groups in total. The standard InChI is InChI=1S/C28H23N5O4/c34-25-21(24-19-8-3-1-6-17(19)11-12-18-7-2-4-9-20(18)24)16-30-28(37)33(25)23-13-14-29-27(31-23)32-15-5-10-22(32)26(35)36/h1-4,6-9,11-14,16,22,24H,5,10,15H2,(H,30,37)(H,35,36)/t22-/m0/s1. The summed E-state index contributed by atoms with van der Waals surface area (Å²) in [6.45, 7) is 0.481. The molecule has 1 aliphatic heterocycles. The Morgan fingerprint density at radius 2 is 1.62 bits per heavy atom. The van der Waals surface area contributed by atoms with Gasteiger partial charge in [0, 0.05) is 36.5 Å². The van der Waals surface area contributed by atoms with Crippen LogP contribution in [0.4, 0.5) is 5.95 Å². The quantitative estimate of drug-likeness (QED) is 0.395. The van der Waals surface area contributed by atoms with Crippen molar-refractivity contribution < 1.29 is 9.90 Å². The molecule has 3 heterocycles. The number of hydrogen-bond donors (Lipinski definition) is 2. The molecule has 37 heavy (non-hydrogen) atoms. The summed E-state index contributed by atoms with van der Waals surface area (Å²) in [5, 5.41) is 9.57. The van der Waals surface area contributed by atoms with Gasteiger partial charge in [-0.25, -0.2) is 19.1 Å². The Kier molecular flexibility index (Phi) is 5.52. The van der Waals surface area contributed by atoms with Crippen LogP contribution in [0.25, 0.3) is 18.0 Å². The van der Waals surface area contributed by atoms with Crippen molar-refractivity contribution >= 4 is 24.1 Å². The number of aromatic amines is 1. The van der Waals surface area contributed by atoms with E-state index < -0.39 is 29.2 Å². The first kappa shape index (κ1) is 22.7. The van der Waals surface area contributed by atoms with E-state index in [1.807, 2.05) is 60.7 Å². The summed E-state index contributed by atoms with van der Waals surface area (Å²) >= 11 is 0. The maximum Gasteiger partial charge on any atom is 0.334 e. The number of anilines is 1. The van der Waals surface area contributed by atoms with E-state index in [1.54, 1.807) is 4.90 Å². The van der Waals surface area contributed by atoms with Gasteiger partial charge in [-0.05, 0) is 35.1 Å². The summed E-state index contributed by atoms with van der Waals surface area (Å²) in [4.78, 5) is 51.6. The van der Waals surface area contributed by atoms with Crippen LogP contribution in [0.15, 0.2) is 76.6 Å². The molecular formula is C28H23N5O4. The van der Waals surface area contributed by atoms with Crippen LogP contribution in [0.5, 0.6) is 0 Å². The Labute approximate surface area is 211 Å². The normalized spacial score (nSPS) is 16.8. The van der Waals surface area contributed by atoms with Crippen molar-refractivity contribution in [2.45, 2.75) is 24.8 Å². The molecule has 0 spiro atoms. The van der Waals surface area contributed by atoms with Crippen molar-refractivity contribution in [3.8, 4) is 5.82 Å². The summed E-state index contributed by atoms with van der Waals surface area (Å²) in [5.74, 6) is -1.12. The van der Waals surface area contributed by atoms with E-state index in [9.17, 15) is 19.5 Å². The van der Waals surface area contributed by atoms with E-state index in [1.165, 1.54) is 18.5 Å². The molecule has 1 saturated heterocycles. The van der Waals surface area contributed by atoms with Crippen LogP contribution in [-0.2, 0) is 4.79 Å². The first-order chi connectivity index (χ1) is 18.0. The number of carbonyl (C=O) groups is 1. The molecule has 1 atom stereocenters. The molecule has 0 unspecified atom stereocenters. The van der Waals surface area contributed by atoms with Crippen molar-refractivity contribution in [2.75, 3.05) is 11.4 Å². The third-order valence-corrected chi connectivity index (χ3v) is 7.02. The lowest BCUT2D eigenvalue weighted by atomic mass is 9.83. The molecule has 2 aliphatic rings. The highest BCUT2D eigenvalue weighted by Gasteiger charge is 2.33. The Hall–Kier alpha value is -4.79. The van der Waals surface area contributed by atoms with Gasteiger partial charge in [-0.15, -0.1) is 0 Å². The molecule has 184 valence electrons. The van der Waals surface area contributed by atoms with Gasteiger partial charge in [-0.3, -0.25) is 4.79 Å². The first-order valence-electron chi connectivity index (χ1n) is 12.1. The highest BCUT2D eigenvalue weighted by Crippen LogP contribution is 2.37. The summed E-state index contributed by atoms with van der Waals surface area (Å²) in [6.07, 6.45) is 8.15. The minimum atomic E-state index is -0.956. The summed E-state index contributed by atoms with van der Waals surface area (Å²) in [7, 11) is 0. The molecule has 2 aromatic heterocycles. The van der Waals surface area contributed by atoms with E-state index in [4.69, 9.17) is 0 Å². The number of hydrogen-bond acceptors (Lipinski definition) is 6. The van der Waals surface area contributed by atoms with Crippen molar-refractivity contribution in [3.05, 3.63) is 116 Å². The number of H-pyrrole nitrogens is 1. The highest BCUT2D eigenvalue weighted by atomic mass is 16.4. The minimum absolute atomic E-state index is 0.0856. The van der Waals surface area contributed by atoms with Crippen molar-refractivity contribution in [2.24, 2.45) is 0 Å². The fraction of sp³-hybridized carbons (Fsp3) is 0.179. The molecule has 9 nitrogen and oxygen atoms in total. The number of rotatable bonds is 4. The van der Waals surface area contributed by atoms with Crippen molar-refractivity contribution in [1.29, 1.82) is 0 Å². The zero-order valence-corrected chi connectivity index (χ0v) is 19.7. The van der Waals surface area contributed by atoms with Gasteiger partial charge in [0.25, 0.3) is 5.56 Å². The number of aliphatic carboxylic acids is 1. The highest BCUT2D eigenvalue weighted by molar-refractivity contribution is 5.78. The maximum absolute atomic E-state index is 14.0. The smallest absolute Gasteiger partial charge is 0.334 e. The number of carboxylic acids is 1. The molecule has 2 aromatic carbocycles. The molecule has 0 amide bonds. The third-order valence-electron chi connectivity index (χ3n) is 7.02. The Balaban J connectivity index is 1.52. The van der Waals surface area contributed by atoms with Gasteiger partial charge in [-0.2, -0.15) is 4.98 Å². The van der Waals surface area contributed by atoms with E-state index in [0.717, 1.165) is 26.8 Å². The molecule has 0 saturated carbocycles. The van der Waals surface area contributed by atoms with Crippen LogP contribution >= 0.6 is 0 Å². The van der Waals surface area contributed by atoms with E-state index in [0.29, 0.717) is 24.9 Å². The van der Waals surface area contributed by atoms with E-state index in [-0.39, 0.29) is 11.8 Å². The Morgan fingerprint density at radius 1 is 0.946 bits per heavy atom. The van der Waals surface area contributed by atoms with Crippen LogP contribution in [0.2, 0.25) is 0 Å². The zero-order chi connectivity index (χ0) is 25.5. The van der Waals surface area contributed by atoms with Crippen LogP contribution in [0.1, 0.15) is 46.6 Å².